The molecule has 9 heteroatoms. The second-order valence-corrected chi connectivity index (χ2v) is 13.1. The van der Waals surface area contributed by atoms with E-state index in [4.69, 9.17) is 16.3 Å². The maximum absolute atomic E-state index is 14.1. The van der Waals surface area contributed by atoms with Crippen LogP contribution in [0.25, 0.3) is 11.1 Å². The summed E-state index contributed by atoms with van der Waals surface area (Å²) in [5, 5.41) is 10.4. The highest BCUT2D eigenvalue weighted by atomic mass is 35.5. The first-order valence-electron chi connectivity index (χ1n) is 10.1. The highest BCUT2D eigenvalue weighted by Crippen LogP contribution is 2.41. The summed E-state index contributed by atoms with van der Waals surface area (Å²) < 4.78 is 33.1. The van der Waals surface area contributed by atoms with Gasteiger partial charge in [0.15, 0.2) is 0 Å². The van der Waals surface area contributed by atoms with Crippen molar-refractivity contribution in [1.29, 1.82) is 0 Å². The summed E-state index contributed by atoms with van der Waals surface area (Å²) in [6.07, 6.45) is 0. The van der Waals surface area contributed by atoms with Gasteiger partial charge in [-0.3, -0.25) is 5.01 Å². The van der Waals surface area contributed by atoms with Crippen molar-refractivity contribution in [2.24, 2.45) is 10.3 Å². The lowest BCUT2D eigenvalue weighted by molar-refractivity contribution is 0.0601. The Labute approximate surface area is 193 Å². The number of benzene rings is 2. The molecule has 0 atom stereocenters. The summed E-state index contributed by atoms with van der Waals surface area (Å²) in [5.74, 6) is 0.748. The van der Waals surface area contributed by atoms with Crippen molar-refractivity contribution in [2.45, 2.75) is 33.5 Å². The summed E-state index contributed by atoms with van der Waals surface area (Å²) in [6, 6.07) is 4.37. The molecule has 0 aliphatic heterocycles. The number of carbonyl (C=O) groups excluding carboxylic acids is 1. The van der Waals surface area contributed by atoms with E-state index in [1.165, 1.54) is 13.2 Å². The molecule has 0 fully saturated rings. The van der Waals surface area contributed by atoms with E-state index in [9.17, 15) is 13.6 Å². The van der Waals surface area contributed by atoms with Crippen LogP contribution in [0.4, 0.5) is 14.5 Å². The van der Waals surface area contributed by atoms with Crippen molar-refractivity contribution < 1.29 is 18.3 Å². The number of hydrogen-bond donors (Lipinski definition) is 0. The molecule has 0 radical (unpaired) electrons. The van der Waals surface area contributed by atoms with Crippen molar-refractivity contribution in [3.63, 3.8) is 0 Å². The number of hydrogen-bond acceptors (Lipinski definition) is 4. The Hall–Kier alpha value is -2.76. The molecule has 0 bridgehead atoms. The predicted octanol–water partition coefficient (Wildman–Crippen LogP) is 6.64. The SMILES string of the molecule is CCN(CC)N=Nc1c(C#C[Si](C)(C)C)c(Cl)cc(C(=O)OC)c1-c1cc(F)cc(F)c1. The van der Waals surface area contributed by atoms with Crippen LogP contribution in [0.5, 0.6) is 0 Å². The predicted molar refractivity (Wildman–Crippen MR) is 126 cm³/mol. The fourth-order valence-corrected chi connectivity index (χ4v) is 3.57. The molecule has 32 heavy (non-hydrogen) atoms. The zero-order chi connectivity index (χ0) is 24.1. The minimum absolute atomic E-state index is 0.00884. The average molecular weight is 478 g/mol. The summed E-state index contributed by atoms with van der Waals surface area (Å²) in [6.45, 7) is 11.2. The van der Waals surface area contributed by atoms with E-state index in [0.29, 0.717) is 18.7 Å². The molecule has 0 unspecified atom stereocenters. The number of ether oxygens (including phenoxy) is 1. The second-order valence-electron chi connectivity index (χ2n) is 7.98. The van der Waals surface area contributed by atoms with Crippen LogP contribution in [0.15, 0.2) is 34.6 Å². The van der Waals surface area contributed by atoms with Crippen molar-refractivity contribution in [3.8, 4) is 22.6 Å². The molecule has 0 saturated carbocycles. The van der Waals surface area contributed by atoms with Crippen molar-refractivity contribution in [1.82, 2.24) is 5.01 Å². The van der Waals surface area contributed by atoms with E-state index in [-0.39, 0.29) is 27.4 Å². The highest BCUT2D eigenvalue weighted by molar-refractivity contribution is 6.83. The molecule has 0 aliphatic rings. The van der Waals surface area contributed by atoms with Gasteiger partial charge in [-0.15, -0.1) is 10.7 Å². The van der Waals surface area contributed by atoms with Crippen LogP contribution in [0.2, 0.25) is 24.7 Å². The van der Waals surface area contributed by atoms with Gasteiger partial charge >= 0.3 is 5.97 Å². The Morgan fingerprint density at radius 1 is 1.12 bits per heavy atom. The molecule has 0 heterocycles. The van der Waals surface area contributed by atoms with E-state index < -0.39 is 25.7 Å². The Morgan fingerprint density at radius 3 is 2.22 bits per heavy atom. The molecular formula is C23H26ClF2N3O2Si. The standard InChI is InChI=1S/C23H26ClF2N3O2Si/c1-7-29(8-2)28-27-22-18(9-10-32(4,5)6)20(24)14-19(23(30)31-3)21(22)15-11-16(25)13-17(26)12-15/h11-14H,7-8H2,1-6H3. The van der Waals surface area contributed by atoms with Crippen LogP contribution >= 0.6 is 11.6 Å². The van der Waals surface area contributed by atoms with Crippen molar-refractivity contribution in [2.75, 3.05) is 20.2 Å². The molecule has 0 spiro atoms. The van der Waals surface area contributed by atoms with Gasteiger partial charge in [0.1, 0.15) is 25.4 Å². The van der Waals surface area contributed by atoms with Gasteiger partial charge in [0.2, 0.25) is 0 Å². The summed E-state index contributed by atoms with van der Waals surface area (Å²) in [5.41, 5.74) is 3.97. The van der Waals surface area contributed by atoms with Gasteiger partial charge in [0.05, 0.1) is 23.3 Å². The van der Waals surface area contributed by atoms with Crippen LogP contribution in [-0.4, -0.2) is 39.3 Å². The first-order valence-corrected chi connectivity index (χ1v) is 14.0. The zero-order valence-corrected chi connectivity index (χ0v) is 20.8. The summed E-state index contributed by atoms with van der Waals surface area (Å²) in [7, 11) is -0.605. The minimum Gasteiger partial charge on any atom is -0.465 e. The molecule has 0 amide bonds. The van der Waals surface area contributed by atoms with Gasteiger partial charge in [-0.2, -0.15) is 0 Å². The topological polar surface area (TPSA) is 54.3 Å². The van der Waals surface area contributed by atoms with E-state index in [1.54, 1.807) is 5.01 Å². The van der Waals surface area contributed by atoms with Crippen LogP contribution in [0.1, 0.15) is 29.8 Å². The first-order chi connectivity index (χ1) is 15.0. The van der Waals surface area contributed by atoms with E-state index >= 15 is 0 Å². The van der Waals surface area contributed by atoms with E-state index in [2.05, 4.69) is 41.4 Å². The molecule has 5 nitrogen and oxygen atoms in total. The maximum Gasteiger partial charge on any atom is 0.338 e. The normalized spacial score (nSPS) is 11.3. The fraction of sp³-hybridized carbons (Fsp3) is 0.348. The summed E-state index contributed by atoms with van der Waals surface area (Å²) in [4.78, 5) is 12.6. The van der Waals surface area contributed by atoms with Gasteiger partial charge in [-0.1, -0.05) is 42.4 Å². The molecule has 2 aromatic rings. The van der Waals surface area contributed by atoms with Crippen molar-refractivity contribution in [3.05, 3.63) is 52.0 Å². The Balaban J connectivity index is 3.01. The maximum atomic E-state index is 14.1. The molecule has 2 aromatic carbocycles. The third-order valence-electron chi connectivity index (χ3n) is 4.37. The Kier molecular flexibility index (Phi) is 8.53. The number of methoxy groups -OCH3 is 1. The third-order valence-corrected chi connectivity index (χ3v) is 5.55. The lowest BCUT2D eigenvalue weighted by atomic mass is 9.94. The van der Waals surface area contributed by atoms with Gasteiger partial charge in [-0.25, -0.2) is 13.6 Å². The summed E-state index contributed by atoms with van der Waals surface area (Å²) >= 11 is 6.51. The number of nitrogens with zero attached hydrogens (tertiary/aromatic N) is 3. The number of carbonyl (C=O) groups is 1. The largest absolute Gasteiger partial charge is 0.465 e. The zero-order valence-electron chi connectivity index (χ0n) is 19.0. The number of halogens is 3. The molecule has 0 aromatic heterocycles. The van der Waals surface area contributed by atoms with E-state index in [1.807, 2.05) is 13.8 Å². The lowest BCUT2D eigenvalue weighted by Gasteiger charge is -2.16. The van der Waals surface area contributed by atoms with Gasteiger partial charge in [0.25, 0.3) is 0 Å². The molecule has 0 saturated heterocycles. The molecule has 0 aliphatic carbocycles. The average Bonchev–Trinajstić information content (AvgIpc) is 2.71. The van der Waals surface area contributed by atoms with Crippen LogP contribution in [0, 0.1) is 23.1 Å². The quantitative estimate of drug-likeness (QED) is 0.154. The number of rotatable bonds is 6. The van der Waals surface area contributed by atoms with Gasteiger partial charge < -0.3 is 4.74 Å². The Bertz CT molecular complexity index is 1080. The first kappa shape index (κ1) is 25.5. The highest BCUT2D eigenvalue weighted by Gasteiger charge is 2.24. The monoisotopic (exact) mass is 477 g/mol. The van der Waals surface area contributed by atoms with Crippen LogP contribution < -0.4 is 0 Å². The van der Waals surface area contributed by atoms with Gasteiger partial charge in [0, 0.05) is 24.7 Å². The van der Waals surface area contributed by atoms with Crippen LogP contribution in [-0.2, 0) is 4.74 Å². The van der Waals surface area contributed by atoms with Crippen molar-refractivity contribution >= 4 is 31.3 Å². The number of esters is 1. The minimum atomic E-state index is -1.82. The lowest BCUT2D eigenvalue weighted by Crippen LogP contribution is -2.16. The molecular weight excluding hydrogens is 452 g/mol. The second kappa shape index (κ2) is 10.7. The third kappa shape index (κ3) is 6.37. The Morgan fingerprint density at radius 2 is 1.72 bits per heavy atom. The fourth-order valence-electron chi connectivity index (χ4n) is 2.83. The molecule has 170 valence electrons. The van der Waals surface area contributed by atoms with Gasteiger partial charge in [-0.05, 0) is 37.6 Å². The molecule has 2 rings (SSSR count). The van der Waals surface area contributed by atoms with E-state index in [0.717, 1.165) is 18.2 Å². The van der Waals surface area contributed by atoms with Crippen LogP contribution in [0.3, 0.4) is 0 Å². The molecule has 0 N–H and O–H groups in total. The smallest absolute Gasteiger partial charge is 0.338 e.